The summed E-state index contributed by atoms with van der Waals surface area (Å²) in [7, 11) is 0. The molecular weight excluding hydrogens is 238 g/mol. The van der Waals surface area contributed by atoms with E-state index in [-0.39, 0.29) is 5.60 Å². The lowest BCUT2D eigenvalue weighted by Crippen LogP contribution is -2.45. The Morgan fingerprint density at radius 3 is 2.47 bits per heavy atom. The van der Waals surface area contributed by atoms with Crippen LogP contribution in [-0.2, 0) is 9.47 Å². The first-order chi connectivity index (χ1) is 9.17. The highest BCUT2D eigenvalue weighted by molar-refractivity contribution is 4.89. The molecule has 1 heterocycles. The molecule has 3 heteroatoms. The van der Waals surface area contributed by atoms with Crippen molar-refractivity contribution in [3.05, 3.63) is 0 Å². The molecule has 2 fully saturated rings. The second-order valence-electron chi connectivity index (χ2n) is 6.58. The molecule has 1 aliphatic heterocycles. The largest absolute Gasteiger partial charge is 0.373 e. The zero-order valence-corrected chi connectivity index (χ0v) is 12.7. The molecule has 0 amide bonds. The molecule has 0 bridgehead atoms. The summed E-state index contributed by atoms with van der Waals surface area (Å²) in [5, 5.41) is 0. The highest BCUT2D eigenvalue weighted by atomic mass is 16.6. The minimum Gasteiger partial charge on any atom is -0.373 e. The van der Waals surface area contributed by atoms with Gasteiger partial charge < -0.3 is 15.2 Å². The quantitative estimate of drug-likeness (QED) is 0.805. The zero-order chi connectivity index (χ0) is 13.7. The predicted molar refractivity (Wildman–Crippen MR) is 78.2 cm³/mol. The van der Waals surface area contributed by atoms with Crippen molar-refractivity contribution in [2.45, 2.75) is 83.0 Å². The summed E-state index contributed by atoms with van der Waals surface area (Å²) in [5.41, 5.74) is 5.95. The highest BCUT2D eigenvalue weighted by Crippen LogP contribution is 2.36. The van der Waals surface area contributed by atoms with Crippen LogP contribution in [-0.4, -0.2) is 31.0 Å². The Hall–Kier alpha value is -0.120. The Morgan fingerprint density at radius 1 is 1.21 bits per heavy atom. The molecule has 3 nitrogen and oxygen atoms in total. The topological polar surface area (TPSA) is 44.5 Å². The minimum absolute atomic E-state index is 0.0561. The van der Waals surface area contributed by atoms with E-state index in [0.29, 0.717) is 18.8 Å². The second kappa shape index (κ2) is 7.05. The molecule has 2 atom stereocenters. The van der Waals surface area contributed by atoms with Crippen molar-refractivity contribution in [2.75, 3.05) is 13.2 Å². The minimum atomic E-state index is -0.0561. The second-order valence-corrected chi connectivity index (χ2v) is 6.58. The number of nitrogens with two attached hydrogens (primary N) is 1. The van der Waals surface area contributed by atoms with Crippen molar-refractivity contribution in [3.8, 4) is 0 Å². The third-order valence-corrected chi connectivity index (χ3v) is 4.98. The van der Waals surface area contributed by atoms with Gasteiger partial charge in [0.05, 0.1) is 24.4 Å². The van der Waals surface area contributed by atoms with E-state index in [1.54, 1.807) is 0 Å². The van der Waals surface area contributed by atoms with Gasteiger partial charge in [-0.1, -0.05) is 19.8 Å². The normalized spacial score (nSPS) is 39.6. The molecule has 2 N–H and O–H groups in total. The van der Waals surface area contributed by atoms with Gasteiger partial charge in [0.2, 0.25) is 0 Å². The van der Waals surface area contributed by atoms with Crippen molar-refractivity contribution < 1.29 is 9.47 Å². The molecule has 1 aliphatic carbocycles. The summed E-state index contributed by atoms with van der Waals surface area (Å²) < 4.78 is 12.1. The Morgan fingerprint density at radius 2 is 1.95 bits per heavy atom. The summed E-state index contributed by atoms with van der Waals surface area (Å²) >= 11 is 0. The molecule has 1 saturated carbocycles. The third-order valence-electron chi connectivity index (χ3n) is 4.98. The van der Waals surface area contributed by atoms with Crippen LogP contribution in [0.1, 0.15) is 65.2 Å². The first-order valence-electron chi connectivity index (χ1n) is 8.17. The summed E-state index contributed by atoms with van der Waals surface area (Å²) in [4.78, 5) is 0. The van der Waals surface area contributed by atoms with Crippen LogP contribution >= 0.6 is 0 Å². The molecule has 0 aromatic heterocycles. The van der Waals surface area contributed by atoms with E-state index < -0.39 is 0 Å². The standard InChI is InChI=1S/C16H31NO2/c1-3-4-14-7-9-16(12-17,10-8-14)18-11-15-6-5-13(2)19-15/h13-15H,3-12,17H2,1-2H3. The summed E-state index contributed by atoms with van der Waals surface area (Å²) in [6.45, 7) is 5.82. The van der Waals surface area contributed by atoms with Crippen LogP contribution in [0.2, 0.25) is 0 Å². The van der Waals surface area contributed by atoms with E-state index in [0.717, 1.165) is 31.8 Å². The lowest BCUT2D eigenvalue weighted by Gasteiger charge is -2.40. The molecule has 2 rings (SSSR count). The van der Waals surface area contributed by atoms with Crippen LogP contribution in [0.5, 0.6) is 0 Å². The first-order valence-corrected chi connectivity index (χ1v) is 8.17. The van der Waals surface area contributed by atoms with Crippen LogP contribution in [0, 0.1) is 5.92 Å². The lowest BCUT2D eigenvalue weighted by molar-refractivity contribution is -0.108. The van der Waals surface area contributed by atoms with Crippen LogP contribution < -0.4 is 5.73 Å². The monoisotopic (exact) mass is 269 g/mol. The first kappa shape index (κ1) is 15.3. The van der Waals surface area contributed by atoms with Crippen LogP contribution in [0.4, 0.5) is 0 Å². The van der Waals surface area contributed by atoms with Gasteiger partial charge in [0, 0.05) is 6.54 Å². The highest BCUT2D eigenvalue weighted by Gasteiger charge is 2.36. The fraction of sp³-hybridized carbons (Fsp3) is 1.00. The zero-order valence-electron chi connectivity index (χ0n) is 12.7. The van der Waals surface area contributed by atoms with Gasteiger partial charge in [0.15, 0.2) is 0 Å². The Bertz CT molecular complexity index is 261. The number of hydrogen-bond donors (Lipinski definition) is 1. The van der Waals surface area contributed by atoms with Gasteiger partial charge in [-0.05, 0) is 51.4 Å². The van der Waals surface area contributed by atoms with Gasteiger partial charge >= 0.3 is 0 Å². The van der Waals surface area contributed by atoms with Crippen molar-refractivity contribution in [1.82, 2.24) is 0 Å². The third kappa shape index (κ3) is 4.17. The molecule has 0 spiro atoms. The van der Waals surface area contributed by atoms with Crippen LogP contribution in [0.15, 0.2) is 0 Å². The average Bonchev–Trinajstić information content (AvgIpc) is 2.85. The fourth-order valence-corrected chi connectivity index (χ4v) is 3.59. The average molecular weight is 269 g/mol. The Balaban J connectivity index is 1.76. The van der Waals surface area contributed by atoms with E-state index in [4.69, 9.17) is 15.2 Å². The molecule has 0 aromatic carbocycles. The Kier molecular flexibility index (Phi) is 5.67. The molecule has 2 unspecified atom stereocenters. The molecule has 0 aromatic rings. The van der Waals surface area contributed by atoms with Gasteiger partial charge in [-0.2, -0.15) is 0 Å². The van der Waals surface area contributed by atoms with Gasteiger partial charge in [-0.25, -0.2) is 0 Å². The maximum Gasteiger partial charge on any atom is 0.0813 e. The summed E-state index contributed by atoms with van der Waals surface area (Å²) in [6.07, 6.45) is 10.5. The predicted octanol–water partition coefficient (Wildman–Crippen LogP) is 3.26. The fourth-order valence-electron chi connectivity index (χ4n) is 3.59. The number of rotatable bonds is 6. The molecular formula is C16H31NO2. The van der Waals surface area contributed by atoms with E-state index in [1.807, 2.05) is 0 Å². The molecule has 112 valence electrons. The van der Waals surface area contributed by atoms with E-state index in [1.165, 1.54) is 32.1 Å². The smallest absolute Gasteiger partial charge is 0.0813 e. The van der Waals surface area contributed by atoms with Crippen LogP contribution in [0.3, 0.4) is 0 Å². The SMILES string of the molecule is CCCC1CCC(CN)(OCC2CCC(C)O2)CC1. The molecule has 1 saturated heterocycles. The number of ether oxygens (including phenoxy) is 2. The van der Waals surface area contributed by atoms with Crippen molar-refractivity contribution in [3.63, 3.8) is 0 Å². The van der Waals surface area contributed by atoms with Gasteiger partial charge in [-0.15, -0.1) is 0 Å². The van der Waals surface area contributed by atoms with Gasteiger partial charge in [0.25, 0.3) is 0 Å². The van der Waals surface area contributed by atoms with E-state index in [2.05, 4.69) is 13.8 Å². The van der Waals surface area contributed by atoms with Gasteiger partial charge in [-0.3, -0.25) is 0 Å². The molecule has 2 aliphatic rings. The van der Waals surface area contributed by atoms with E-state index in [9.17, 15) is 0 Å². The maximum atomic E-state index is 6.23. The lowest BCUT2D eigenvalue weighted by atomic mass is 9.77. The Labute approximate surface area is 118 Å². The van der Waals surface area contributed by atoms with Crippen molar-refractivity contribution >= 4 is 0 Å². The maximum absolute atomic E-state index is 6.23. The number of hydrogen-bond acceptors (Lipinski definition) is 3. The summed E-state index contributed by atoms with van der Waals surface area (Å²) in [5.74, 6) is 0.899. The van der Waals surface area contributed by atoms with E-state index >= 15 is 0 Å². The van der Waals surface area contributed by atoms with Crippen molar-refractivity contribution in [1.29, 1.82) is 0 Å². The summed E-state index contributed by atoms with van der Waals surface area (Å²) in [6, 6.07) is 0. The van der Waals surface area contributed by atoms with Crippen LogP contribution in [0.25, 0.3) is 0 Å². The molecule has 0 radical (unpaired) electrons. The molecule has 19 heavy (non-hydrogen) atoms. The van der Waals surface area contributed by atoms with Crippen molar-refractivity contribution in [2.24, 2.45) is 11.7 Å². The van der Waals surface area contributed by atoms with Gasteiger partial charge in [0.1, 0.15) is 0 Å².